The molecule has 1 amide bonds. The third kappa shape index (κ3) is 3.09. The first kappa shape index (κ1) is 14.2. The van der Waals surface area contributed by atoms with Gasteiger partial charge in [0.1, 0.15) is 5.82 Å². The van der Waals surface area contributed by atoms with Gasteiger partial charge in [-0.25, -0.2) is 4.39 Å². The fraction of sp³-hybridized carbons (Fsp3) is 0.364. The molecular formula is C11H13Cl2FN2O. The topological polar surface area (TPSA) is 32.3 Å². The molecule has 17 heavy (non-hydrogen) atoms. The van der Waals surface area contributed by atoms with Crippen LogP contribution in [0.5, 0.6) is 0 Å². The maximum Gasteiger partial charge on any atom is 0.258 e. The van der Waals surface area contributed by atoms with E-state index in [9.17, 15) is 9.18 Å². The van der Waals surface area contributed by atoms with Crippen molar-refractivity contribution in [2.24, 2.45) is 0 Å². The van der Waals surface area contributed by atoms with Crippen LogP contribution in [-0.2, 0) is 0 Å². The van der Waals surface area contributed by atoms with Gasteiger partial charge in [0.2, 0.25) is 0 Å². The van der Waals surface area contributed by atoms with Gasteiger partial charge in [-0.15, -0.1) is 12.4 Å². The molecule has 0 bridgehead atoms. The number of piperazine rings is 1. The zero-order valence-electron chi connectivity index (χ0n) is 9.08. The van der Waals surface area contributed by atoms with Crippen LogP contribution in [0.25, 0.3) is 0 Å². The van der Waals surface area contributed by atoms with Crippen molar-refractivity contribution in [2.75, 3.05) is 26.2 Å². The Balaban J connectivity index is 0.00000144. The summed E-state index contributed by atoms with van der Waals surface area (Å²) < 4.78 is 13.5. The molecule has 1 aliphatic heterocycles. The second-order valence-electron chi connectivity index (χ2n) is 3.64. The minimum atomic E-state index is -0.559. The molecule has 0 radical (unpaired) electrons. The van der Waals surface area contributed by atoms with Crippen molar-refractivity contribution in [1.82, 2.24) is 10.2 Å². The molecule has 0 aromatic heterocycles. The minimum Gasteiger partial charge on any atom is -0.336 e. The molecule has 0 spiro atoms. The smallest absolute Gasteiger partial charge is 0.258 e. The molecule has 0 unspecified atom stereocenters. The average molecular weight is 279 g/mol. The number of hydrogen-bond acceptors (Lipinski definition) is 2. The standard InChI is InChI=1S/C11H12ClFN2O.ClH/c12-8-2-1-3-9(13)10(8)11(16)15-6-4-14-5-7-15;/h1-3,14H,4-7H2;1H. The molecular weight excluding hydrogens is 266 g/mol. The summed E-state index contributed by atoms with van der Waals surface area (Å²) in [6.45, 7) is 2.64. The van der Waals surface area contributed by atoms with Crippen LogP contribution in [0.4, 0.5) is 4.39 Å². The van der Waals surface area contributed by atoms with E-state index in [0.29, 0.717) is 13.1 Å². The number of hydrogen-bond donors (Lipinski definition) is 1. The van der Waals surface area contributed by atoms with Crippen molar-refractivity contribution in [3.8, 4) is 0 Å². The minimum absolute atomic E-state index is 0. The molecule has 94 valence electrons. The summed E-state index contributed by atoms with van der Waals surface area (Å²) in [5.74, 6) is -0.888. The summed E-state index contributed by atoms with van der Waals surface area (Å²) in [6, 6.07) is 4.27. The number of carbonyl (C=O) groups excluding carboxylic acids is 1. The molecule has 1 saturated heterocycles. The van der Waals surface area contributed by atoms with Crippen LogP contribution in [0.15, 0.2) is 18.2 Å². The molecule has 3 nitrogen and oxygen atoms in total. The van der Waals surface area contributed by atoms with Crippen LogP contribution in [0.1, 0.15) is 10.4 Å². The summed E-state index contributed by atoms with van der Waals surface area (Å²) in [6.07, 6.45) is 0. The first-order chi connectivity index (χ1) is 7.70. The third-order valence-corrected chi connectivity index (χ3v) is 2.90. The summed E-state index contributed by atoms with van der Waals surface area (Å²) in [4.78, 5) is 13.6. The van der Waals surface area contributed by atoms with E-state index in [2.05, 4.69) is 5.32 Å². The second kappa shape index (κ2) is 6.19. The van der Waals surface area contributed by atoms with E-state index in [0.717, 1.165) is 13.1 Å². The Labute approximate surface area is 110 Å². The van der Waals surface area contributed by atoms with E-state index >= 15 is 0 Å². The largest absolute Gasteiger partial charge is 0.336 e. The highest BCUT2D eigenvalue weighted by Gasteiger charge is 2.22. The molecule has 1 aromatic carbocycles. The summed E-state index contributed by atoms with van der Waals surface area (Å²) in [5, 5.41) is 3.30. The van der Waals surface area contributed by atoms with Gasteiger partial charge < -0.3 is 10.2 Å². The van der Waals surface area contributed by atoms with Crippen LogP contribution in [0.2, 0.25) is 5.02 Å². The maximum atomic E-state index is 13.5. The van der Waals surface area contributed by atoms with Gasteiger partial charge in [-0.05, 0) is 12.1 Å². The van der Waals surface area contributed by atoms with E-state index in [-0.39, 0.29) is 28.9 Å². The van der Waals surface area contributed by atoms with Crippen LogP contribution in [0.3, 0.4) is 0 Å². The van der Waals surface area contributed by atoms with Gasteiger partial charge in [0.25, 0.3) is 5.91 Å². The second-order valence-corrected chi connectivity index (χ2v) is 4.05. The number of carbonyl (C=O) groups is 1. The van der Waals surface area contributed by atoms with Gasteiger partial charge in [0, 0.05) is 26.2 Å². The highest BCUT2D eigenvalue weighted by atomic mass is 35.5. The van der Waals surface area contributed by atoms with Crippen molar-refractivity contribution in [2.45, 2.75) is 0 Å². The molecule has 0 atom stereocenters. The molecule has 1 heterocycles. The van der Waals surface area contributed by atoms with Crippen molar-refractivity contribution in [3.63, 3.8) is 0 Å². The Hall–Kier alpha value is -0.840. The zero-order chi connectivity index (χ0) is 11.5. The number of halogens is 3. The van der Waals surface area contributed by atoms with E-state index in [1.54, 1.807) is 4.90 Å². The molecule has 0 saturated carbocycles. The fourth-order valence-corrected chi connectivity index (χ4v) is 1.97. The Morgan fingerprint density at radius 2 is 2.00 bits per heavy atom. The molecule has 2 rings (SSSR count). The van der Waals surface area contributed by atoms with Crippen LogP contribution in [0, 0.1) is 5.82 Å². The monoisotopic (exact) mass is 278 g/mol. The van der Waals surface area contributed by atoms with Crippen LogP contribution < -0.4 is 5.32 Å². The molecule has 1 aromatic rings. The lowest BCUT2D eigenvalue weighted by atomic mass is 10.1. The number of nitrogens with one attached hydrogen (secondary N) is 1. The van der Waals surface area contributed by atoms with Gasteiger partial charge >= 0.3 is 0 Å². The van der Waals surface area contributed by atoms with Gasteiger partial charge in [0.15, 0.2) is 0 Å². The lowest BCUT2D eigenvalue weighted by Gasteiger charge is -2.27. The molecule has 1 fully saturated rings. The van der Waals surface area contributed by atoms with Crippen molar-refractivity contribution in [3.05, 3.63) is 34.6 Å². The maximum absolute atomic E-state index is 13.5. The third-order valence-electron chi connectivity index (χ3n) is 2.58. The normalized spacial score (nSPS) is 15.3. The van der Waals surface area contributed by atoms with Crippen molar-refractivity contribution in [1.29, 1.82) is 0 Å². The quantitative estimate of drug-likeness (QED) is 0.852. The number of nitrogens with zero attached hydrogens (tertiary/aromatic N) is 1. The Kier molecular flexibility index (Phi) is 5.18. The van der Waals surface area contributed by atoms with Crippen LogP contribution >= 0.6 is 24.0 Å². The molecule has 1 N–H and O–H groups in total. The summed E-state index contributed by atoms with van der Waals surface area (Å²) in [7, 11) is 0. The Morgan fingerprint density at radius 3 is 2.59 bits per heavy atom. The predicted octanol–water partition coefficient (Wildman–Crippen LogP) is 1.95. The lowest BCUT2D eigenvalue weighted by Crippen LogP contribution is -2.46. The van der Waals surface area contributed by atoms with E-state index < -0.39 is 5.82 Å². The number of amides is 1. The number of benzene rings is 1. The van der Waals surface area contributed by atoms with Crippen molar-refractivity contribution < 1.29 is 9.18 Å². The first-order valence-electron chi connectivity index (χ1n) is 5.14. The zero-order valence-corrected chi connectivity index (χ0v) is 10.7. The number of rotatable bonds is 1. The lowest BCUT2D eigenvalue weighted by molar-refractivity contribution is 0.0731. The average Bonchev–Trinajstić information content (AvgIpc) is 2.30. The highest BCUT2D eigenvalue weighted by molar-refractivity contribution is 6.33. The Bertz CT molecular complexity index is 388. The molecule has 1 aliphatic rings. The molecule has 0 aliphatic carbocycles. The predicted molar refractivity (Wildman–Crippen MR) is 67.4 cm³/mol. The van der Waals surface area contributed by atoms with Gasteiger partial charge in [-0.1, -0.05) is 17.7 Å². The highest BCUT2D eigenvalue weighted by Crippen LogP contribution is 2.20. The van der Waals surface area contributed by atoms with E-state index in [1.165, 1.54) is 18.2 Å². The first-order valence-corrected chi connectivity index (χ1v) is 5.52. The van der Waals surface area contributed by atoms with Gasteiger partial charge in [-0.3, -0.25) is 4.79 Å². The summed E-state index contributed by atoms with van der Waals surface area (Å²) in [5.41, 5.74) is -0.0222. The fourth-order valence-electron chi connectivity index (χ4n) is 1.73. The molecule has 6 heteroatoms. The van der Waals surface area contributed by atoms with E-state index in [4.69, 9.17) is 11.6 Å². The van der Waals surface area contributed by atoms with Crippen molar-refractivity contribution >= 4 is 29.9 Å². The SMILES string of the molecule is Cl.O=C(c1c(F)cccc1Cl)N1CCNCC1. The van der Waals surface area contributed by atoms with Gasteiger partial charge in [-0.2, -0.15) is 0 Å². The van der Waals surface area contributed by atoms with Crippen LogP contribution in [-0.4, -0.2) is 37.0 Å². The Morgan fingerprint density at radius 1 is 1.35 bits per heavy atom. The van der Waals surface area contributed by atoms with E-state index in [1.807, 2.05) is 0 Å². The van der Waals surface area contributed by atoms with Gasteiger partial charge in [0.05, 0.1) is 10.6 Å². The summed E-state index contributed by atoms with van der Waals surface area (Å²) >= 11 is 5.84.